The fourth-order valence-electron chi connectivity index (χ4n) is 2.82. The number of hydrogen-bond acceptors (Lipinski definition) is 3. The maximum Gasteiger partial charge on any atom is 0.257 e. The maximum atomic E-state index is 12.7. The molecule has 0 bridgehead atoms. The van der Waals surface area contributed by atoms with Crippen LogP contribution in [0.5, 0.6) is 0 Å². The van der Waals surface area contributed by atoms with Crippen molar-refractivity contribution < 1.29 is 9.59 Å². The van der Waals surface area contributed by atoms with Gasteiger partial charge in [0.25, 0.3) is 11.8 Å². The van der Waals surface area contributed by atoms with Crippen LogP contribution in [0, 0.1) is 12.8 Å². The Morgan fingerprint density at radius 1 is 1.04 bits per heavy atom. The van der Waals surface area contributed by atoms with E-state index in [0.29, 0.717) is 25.6 Å². The fraction of sp³-hybridized carbons (Fsp3) is 0.381. The normalized spacial score (nSPS) is 10.7. The van der Waals surface area contributed by atoms with Gasteiger partial charge in [0, 0.05) is 32.0 Å². The minimum atomic E-state index is -0.553. The zero-order chi connectivity index (χ0) is 20.0. The molecule has 6 heteroatoms. The lowest BCUT2D eigenvalue weighted by atomic mass is 10.1. The van der Waals surface area contributed by atoms with E-state index in [2.05, 4.69) is 10.6 Å². The minimum Gasteiger partial charge on any atom is -0.352 e. The fourth-order valence-corrected chi connectivity index (χ4v) is 2.82. The Morgan fingerprint density at radius 2 is 1.63 bits per heavy atom. The van der Waals surface area contributed by atoms with Gasteiger partial charge in [-0.2, -0.15) is 0 Å². The Hall–Kier alpha value is -2.89. The molecule has 6 nitrogen and oxygen atoms in total. The number of carbonyl (C=O) groups is 2. The van der Waals surface area contributed by atoms with Crippen LogP contribution in [0.2, 0.25) is 0 Å². The molecule has 1 heterocycles. The summed E-state index contributed by atoms with van der Waals surface area (Å²) in [5, 5.41) is 5.42. The van der Waals surface area contributed by atoms with Crippen LogP contribution in [-0.4, -0.2) is 22.9 Å². The molecular formula is C21H27N3O3. The van der Waals surface area contributed by atoms with E-state index in [4.69, 9.17) is 0 Å². The lowest BCUT2D eigenvalue weighted by Crippen LogP contribution is -2.35. The first-order chi connectivity index (χ1) is 12.8. The van der Waals surface area contributed by atoms with Crippen molar-refractivity contribution in [1.82, 2.24) is 15.2 Å². The molecule has 2 aromatic rings. The molecule has 1 aromatic heterocycles. The van der Waals surface area contributed by atoms with Crippen LogP contribution >= 0.6 is 0 Å². The highest BCUT2D eigenvalue weighted by Gasteiger charge is 2.19. The molecule has 0 aliphatic rings. The third-order valence-electron chi connectivity index (χ3n) is 4.18. The number of amides is 2. The predicted molar refractivity (Wildman–Crippen MR) is 106 cm³/mol. The highest BCUT2D eigenvalue weighted by Crippen LogP contribution is 2.08. The van der Waals surface area contributed by atoms with Crippen LogP contribution in [0.25, 0.3) is 0 Å². The summed E-state index contributed by atoms with van der Waals surface area (Å²) in [6.45, 7) is 9.14. The second kappa shape index (κ2) is 9.16. The Morgan fingerprint density at radius 3 is 2.19 bits per heavy atom. The summed E-state index contributed by atoms with van der Waals surface area (Å²) in [6.07, 6.45) is 3.05. The number of aromatic nitrogens is 1. The molecule has 144 valence electrons. The largest absolute Gasteiger partial charge is 0.352 e. The molecule has 0 saturated heterocycles. The molecule has 0 aliphatic carbocycles. The van der Waals surface area contributed by atoms with E-state index in [1.165, 1.54) is 12.4 Å². The summed E-state index contributed by atoms with van der Waals surface area (Å²) in [7, 11) is 0. The molecule has 1 aromatic carbocycles. The van der Waals surface area contributed by atoms with Crippen molar-refractivity contribution in [2.45, 2.75) is 40.8 Å². The van der Waals surface area contributed by atoms with Crippen molar-refractivity contribution in [3.63, 3.8) is 0 Å². The molecule has 2 amide bonds. The Labute approximate surface area is 159 Å². The van der Waals surface area contributed by atoms with Crippen LogP contribution in [0.3, 0.4) is 0 Å². The van der Waals surface area contributed by atoms with E-state index in [-0.39, 0.29) is 11.1 Å². The molecule has 0 radical (unpaired) electrons. The van der Waals surface area contributed by atoms with Gasteiger partial charge >= 0.3 is 0 Å². The molecular weight excluding hydrogens is 342 g/mol. The van der Waals surface area contributed by atoms with Crippen LogP contribution in [0.4, 0.5) is 0 Å². The molecule has 0 unspecified atom stereocenters. The van der Waals surface area contributed by atoms with Gasteiger partial charge in [0.2, 0.25) is 5.43 Å². The van der Waals surface area contributed by atoms with Crippen molar-refractivity contribution in [1.29, 1.82) is 0 Å². The number of rotatable bonds is 7. The second-order valence-corrected chi connectivity index (χ2v) is 6.97. The first-order valence-corrected chi connectivity index (χ1v) is 9.18. The van der Waals surface area contributed by atoms with Crippen molar-refractivity contribution in [2.24, 2.45) is 5.92 Å². The third kappa shape index (κ3) is 5.29. The Balaban J connectivity index is 2.34. The molecule has 0 aliphatic heterocycles. The van der Waals surface area contributed by atoms with Gasteiger partial charge in [0.15, 0.2) is 0 Å². The lowest BCUT2D eigenvalue weighted by Gasteiger charge is -2.14. The summed E-state index contributed by atoms with van der Waals surface area (Å²) in [6, 6.07) is 7.73. The maximum absolute atomic E-state index is 12.7. The van der Waals surface area contributed by atoms with E-state index < -0.39 is 17.2 Å². The topological polar surface area (TPSA) is 80.2 Å². The summed E-state index contributed by atoms with van der Waals surface area (Å²) >= 11 is 0. The SMILES string of the molecule is CCNC(=O)c1cn(CC(C)C)cc(C(=O)NCc2ccccc2C)c1=O. The number of nitrogens with zero attached hydrogens (tertiary/aromatic N) is 1. The standard InChI is InChI=1S/C21H27N3O3/c1-5-22-20(26)17-12-24(11-14(2)3)13-18(19(17)25)21(27)23-10-16-9-7-6-8-15(16)4/h6-9,12-14H,5,10-11H2,1-4H3,(H,22,26)(H,23,27). The summed E-state index contributed by atoms with van der Waals surface area (Å²) in [5.74, 6) is -0.641. The quantitative estimate of drug-likeness (QED) is 0.787. The lowest BCUT2D eigenvalue weighted by molar-refractivity contribution is 0.0948. The van der Waals surface area contributed by atoms with Crippen molar-refractivity contribution in [3.8, 4) is 0 Å². The van der Waals surface area contributed by atoms with Crippen molar-refractivity contribution >= 4 is 11.8 Å². The minimum absolute atomic E-state index is 0.0129. The Kier molecular flexibility index (Phi) is 6.93. The number of hydrogen-bond donors (Lipinski definition) is 2. The van der Waals surface area contributed by atoms with Gasteiger partial charge in [0.1, 0.15) is 11.1 Å². The first kappa shape index (κ1) is 20.4. The first-order valence-electron chi connectivity index (χ1n) is 9.18. The molecule has 2 rings (SSSR count). The molecule has 27 heavy (non-hydrogen) atoms. The highest BCUT2D eigenvalue weighted by molar-refractivity contribution is 5.99. The van der Waals surface area contributed by atoms with Crippen molar-refractivity contribution in [3.05, 3.63) is 69.1 Å². The highest BCUT2D eigenvalue weighted by atomic mass is 16.2. The van der Waals surface area contributed by atoms with E-state index in [0.717, 1.165) is 11.1 Å². The summed E-state index contributed by atoms with van der Waals surface area (Å²) < 4.78 is 1.74. The van der Waals surface area contributed by atoms with E-state index >= 15 is 0 Å². The van der Waals surface area contributed by atoms with Crippen LogP contribution in [0.1, 0.15) is 52.6 Å². The van der Waals surface area contributed by atoms with E-state index in [9.17, 15) is 14.4 Å². The number of nitrogens with one attached hydrogen (secondary N) is 2. The zero-order valence-corrected chi connectivity index (χ0v) is 16.3. The number of pyridine rings is 1. The third-order valence-corrected chi connectivity index (χ3v) is 4.18. The number of benzene rings is 1. The molecule has 0 saturated carbocycles. The van der Waals surface area contributed by atoms with Gasteiger partial charge < -0.3 is 15.2 Å². The molecule has 0 spiro atoms. The molecule has 0 fully saturated rings. The van der Waals surface area contributed by atoms with Gasteiger partial charge in [0.05, 0.1) is 0 Å². The van der Waals surface area contributed by atoms with Gasteiger partial charge in [-0.25, -0.2) is 0 Å². The summed E-state index contributed by atoms with van der Waals surface area (Å²) in [4.78, 5) is 37.6. The van der Waals surface area contributed by atoms with Gasteiger partial charge in [-0.05, 0) is 30.9 Å². The second-order valence-electron chi connectivity index (χ2n) is 6.97. The van der Waals surface area contributed by atoms with E-state index in [1.807, 2.05) is 45.0 Å². The zero-order valence-electron chi connectivity index (χ0n) is 16.3. The van der Waals surface area contributed by atoms with Crippen LogP contribution in [0.15, 0.2) is 41.5 Å². The summed E-state index contributed by atoms with van der Waals surface area (Å²) in [5.41, 5.74) is 1.46. The van der Waals surface area contributed by atoms with Crippen molar-refractivity contribution in [2.75, 3.05) is 6.54 Å². The number of aryl methyl sites for hydroxylation is 1. The van der Waals surface area contributed by atoms with Gasteiger partial charge in [-0.3, -0.25) is 14.4 Å². The van der Waals surface area contributed by atoms with Crippen LogP contribution in [-0.2, 0) is 13.1 Å². The average Bonchev–Trinajstić information content (AvgIpc) is 2.61. The Bertz CT molecular complexity index is 884. The van der Waals surface area contributed by atoms with E-state index in [1.54, 1.807) is 11.5 Å². The molecule has 2 N–H and O–H groups in total. The van der Waals surface area contributed by atoms with Crippen LogP contribution < -0.4 is 16.1 Å². The van der Waals surface area contributed by atoms with Gasteiger partial charge in [-0.15, -0.1) is 0 Å². The average molecular weight is 369 g/mol. The molecule has 0 atom stereocenters. The monoisotopic (exact) mass is 369 g/mol. The smallest absolute Gasteiger partial charge is 0.257 e. The van der Waals surface area contributed by atoms with Gasteiger partial charge in [-0.1, -0.05) is 38.1 Å². The predicted octanol–water partition coefficient (Wildman–Crippen LogP) is 2.49. The number of carbonyl (C=O) groups excluding carboxylic acids is 2.